The number of rotatable bonds is 3. The van der Waals surface area contributed by atoms with Gasteiger partial charge >= 0.3 is 0 Å². The second-order valence-corrected chi connectivity index (χ2v) is 5.56. The van der Waals surface area contributed by atoms with Crippen LogP contribution < -0.4 is 5.73 Å². The SMILES string of the molecule is CCC(C)c1ccc(C2(N)CC2)cc1Br. The van der Waals surface area contributed by atoms with Crippen LogP contribution in [0.2, 0.25) is 0 Å². The summed E-state index contributed by atoms with van der Waals surface area (Å²) in [6.45, 7) is 4.48. The molecule has 0 saturated heterocycles. The second kappa shape index (κ2) is 3.91. The minimum absolute atomic E-state index is 0.0174. The van der Waals surface area contributed by atoms with Crippen molar-refractivity contribution in [3.8, 4) is 0 Å². The zero-order valence-electron chi connectivity index (χ0n) is 9.39. The summed E-state index contributed by atoms with van der Waals surface area (Å²) in [6, 6.07) is 6.62. The Kier molecular flexibility index (Phi) is 2.91. The van der Waals surface area contributed by atoms with Crippen molar-refractivity contribution in [2.45, 2.75) is 44.6 Å². The van der Waals surface area contributed by atoms with Crippen LogP contribution in [0.3, 0.4) is 0 Å². The molecule has 0 bridgehead atoms. The molecule has 15 heavy (non-hydrogen) atoms. The van der Waals surface area contributed by atoms with E-state index in [1.165, 1.54) is 22.0 Å². The molecule has 1 fully saturated rings. The van der Waals surface area contributed by atoms with Crippen molar-refractivity contribution in [2.24, 2.45) is 5.73 Å². The lowest BCUT2D eigenvalue weighted by Gasteiger charge is -2.15. The summed E-state index contributed by atoms with van der Waals surface area (Å²) in [7, 11) is 0. The van der Waals surface area contributed by atoms with Gasteiger partial charge in [-0.1, -0.05) is 41.9 Å². The molecule has 2 N–H and O–H groups in total. The van der Waals surface area contributed by atoms with E-state index in [1.807, 2.05) is 0 Å². The highest BCUT2D eigenvalue weighted by Crippen LogP contribution is 2.44. The fourth-order valence-electron chi connectivity index (χ4n) is 1.88. The molecule has 0 amide bonds. The van der Waals surface area contributed by atoms with E-state index in [4.69, 9.17) is 5.73 Å². The van der Waals surface area contributed by atoms with Crippen molar-refractivity contribution in [1.29, 1.82) is 0 Å². The van der Waals surface area contributed by atoms with Gasteiger partial charge in [0.25, 0.3) is 0 Å². The van der Waals surface area contributed by atoms with E-state index in [2.05, 4.69) is 48.0 Å². The summed E-state index contributed by atoms with van der Waals surface area (Å²) in [6.07, 6.45) is 3.43. The monoisotopic (exact) mass is 267 g/mol. The summed E-state index contributed by atoms with van der Waals surface area (Å²) in [4.78, 5) is 0. The smallest absolute Gasteiger partial charge is 0.0411 e. The van der Waals surface area contributed by atoms with Crippen LogP contribution in [0.5, 0.6) is 0 Å². The predicted molar refractivity (Wildman–Crippen MR) is 67.9 cm³/mol. The van der Waals surface area contributed by atoms with E-state index in [0.29, 0.717) is 5.92 Å². The van der Waals surface area contributed by atoms with Crippen LogP contribution >= 0.6 is 15.9 Å². The molecule has 1 aromatic carbocycles. The van der Waals surface area contributed by atoms with Crippen molar-refractivity contribution in [2.75, 3.05) is 0 Å². The van der Waals surface area contributed by atoms with Crippen LogP contribution in [0.25, 0.3) is 0 Å². The molecule has 1 saturated carbocycles. The number of benzene rings is 1. The van der Waals surface area contributed by atoms with E-state index < -0.39 is 0 Å². The van der Waals surface area contributed by atoms with E-state index in [0.717, 1.165) is 12.8 Å². The lowest BCUT2D eigenvalue weighted by molar-refractivity contribution is 0.717. The average molecular weight is 268 g/mol. The minimum atomic E-state index is -0.0174. The van der Waals surface area contributed by atoms with Gasteiger partial charge in [0.1, 0.15) is 0 Å². The predicted octanol–water partition coefficient (Wildman–Crippen LogP) is 3.91. The molecule has 0 radical (unpaired) electrons. The average Bonchev–Trinajstić information content (AvgIpc) is 2.96. The summed E-state index contributed by atoms with van der Waals surface area (Å²) in [5.74, 6) is 0.612. The van der Waals surface area contributed by atoms with Gasteiger partial charge in [-0.3, -0.25) is 0 Å². The van der Waals surface area contributed by atoms with E-state index in [9.17, 15) is 0 Å². The lowest BCUT2D eigenvalue weighted by Crippen LogP contribution is -2.18. The number of hydrogen-bond acceptors (Lipinski definition) is 1. The van der Waals surface area contributed by atoms with Gasteiger partial charge in [-0.2, -0.15) is 0 Å². The third-order valence-electron chi connectivity index (χ3n) is 3.51. The minimum Gasteiger partial charge on any atom is -0.321 e. The number of nitrogens with two attached hydrogens (primary N) is 1. The Morgan fingerprint density at radius 2 is 2.13 bits per heavy atom. The van der Waals surface area contributed by atoms with Crippen LogP contribution in [0.15, 0.2) is 22.7 Å². The molecule has 1 nitrogen and oxygen atoms in total. The number of hydrogen-bond donors (Lipinski definition) is 1. The Morgan fingerprint density at radius 1 is 1.47 bits per heavy atom. The molecule has 0 aliphatic heterocycles. The Balaban J connectivity index is 2.30. The largest absolute Gasteiger partial charge is 0.321 e. The van der Waals surface area contributed by atoms with Crippen LogP contribution in [-0.2, 0) is 5.54 Å². The fourth-order valence-corrected chi connectivity index (χ4v) is 2.65. The Bertz CT molecular complexity index is 369. The second-order valence-electron chi connectivity index (χ2n) is 4.70. The molecule has 1 unspecified atom stereocenters. The molecule has 0 spiro atoms. The van der Waals surface area contributed by atoms with Crippen molar-refractivity contribution in [1.82, 2.24) is 0 Å². The molecule has 1 atom stereocenters. The maximum Gasteiger partial charge on any atom is 0.0411 e. The van der Waals surface area contributed by atoms with Crippen LogP contribution in [-0.4, -0.2) is 0 Å². The van der Waals surface area contributed by atoms with E-state index >= 15 is 0 Å². The van der Waals surface area contributed by atoms with Gasteiger partial charge in [-0.25, -0.2) is 0 Å². The molecule has 2 heteroatoms. The number of halogens is 1. The summed E-state index contributed by atoms with van der Waals surface area (Å²) in [5.41, 5.74) is 8.83. The summed E-state index contributed by atoms with van der Waals surface area (Å²) < 4.78 is 1.21. The van der Waals surface area contributed by atoms with E-state index in [1.54, 1.807) is 0 Å². The van der Waals surface area contributed by atoms with Gasteiger partial charge in [-0.15, -0.1) is 0 Å². The quantitative estimate of drug-likeness (QED) is 0.883. The van der Waals surface area contributed by atoms with Crippen molar-refractivity contribution in [3.63, 3.8) is 0 Å². The van der Waals surface area contributed by atoms with Gasteiger partial charge in [0.15, 0.2) is 0 Å². The first-order valence-electron chi connectivity index (χ1n) is 5.65. The third kappa shape index (κ3) is 2.11. The zero-order chi connectivity index (χ0) is 11.1. The van der Waals surface area contributed by atoms with Crippen LogP contribution in [0, 0.1) is 0 Å². The first-order chi connectivity index (χ1) is 7.07. The third-order valence-corrected chi connectivity index (χ3v) is 4.19. The van der Waals surface area contributed by atoms with Crippen molar-refractivity contribution >= 4 is 15.9 Å². The Labute approximate surface area is 100 Å². The summed E-state index contributed by atoms with van der Waals surface area (Å²) >= 11 is 3.65. The molecule has 2 rings (SSSR count). The van der Waals surface area contributed by atoms with Crippen molar-refractivity contribution < 1.29 is 0 Å². The molecular formula is C13H18BrN. The van der Waals surface area contributed by atoms with Gasteiger partial charge in [-0.05, 0) is 42.4 Å². The summed E-state index contributed by atoms with van der Waals surface area (Å²) in [5, 5.41) is 0. The topological polar surface area (TPSA) is 26.0 Å². The van der Waals surface area contributed by atoms with Crippen LogP contribution in [0.1, 0.15) is 50.2 Å². The van der Waals surface area contributed by atoms with Gasteiger partial charge < -0.3 is 5.73 Å². The van der Waals surface area contributed by atoms with Gasteiger partial charge in [0, 0.05) is 10.0 Å². The highest BCUT2D eigenvalue weighted by atomic mass is 79.9. The highest BCUT2D eigenvalue weighted by molar-refractivity contribution is 9.10. The first-order valence-corrected chi connectivity index (χ1v) is 6.45. The van der Waals surface area contributed by atoms with Crippen LogP contribution in [0.4, 0.5) is 0 Å². The Morgan fingerprint density at radius 3 is 2.60 bits per heavy atom. The Hall–Kier alpha value is -0.340. The molecule has 82 valence electrons. The fraction of sp³-hybridized carbons (Fsp3) is 0.538. The molecule has 1 aliphatic carbocycles. The van der Waals surface area contributed by atoms with Gasteiger partial charge in [0.2, 0.25) is 0 Å². The highest BCUT2D eigenvalue weighted by Gasteiger charge is 2.40. The standard InChI is InChI=1S/C13H18BrN/c1-3-9(2)11-5-4-10(8-12(11)14)13(15)6-7-13/h4-5,8-9H,3,6-7,15H2,1-2H3. The molecular weight excluding hydrogens is 250 g/mol. The lowest BCUT2D eigenvalue weighted by atomic mass is 9.95. The zero-order valence-corrected chi connectivity index (χ0v) is 11.0. The van der Waals surface area contributed by atoms with Crippen molar-refractivity contribution in [3.05, 3.63) is 33.8 Å². The molecule has 1 aromatic rings. The van der Waals surface area contributed by atoms with Gasteiger partial charge in [0.05, 0.1) is 0 Å². The molecule has 0 aromatic heterocycles. The maximum absolute atomic E-state index is 6.17. The first kappa shape index (κ1) is 11.2. The van der Waals surface area contributed by atoms with E-state index in [-0.39, 0.29) is 5.54 Å². The normalized spacial score (nSPS) is 20.0. The molecule has 0 heterocycles. The molecule has 1 aliphatic rings. The maximum atomic E-state index is 6.17.